The summed E-state index contributed by atoms with van der Waals surface area (Å²) in [6, 6.07) is 10.00. The van der Waals surface area contributed by atoms with E-state index < -0.39 is 0 Å². The lowest BCUT2D eigenvalue weighted by Gasteiger charge is -2.28. The summed E-state index contributed by atoms with van der Waals surface area (Å²) < 4.78 is 13.5. The normalized spacial score (nSPS) is 12.9. The van der Waals surface area contributed by atoms with Crippen molar-refractivity contribution in [3.63, 3.8) is 0 Å². The van der Waals surface area contributed by atoms with Crippen molar-refractivity contribution in [3.8, 4) is 0 Å². The molecule has 1 aliphatic heterocycles. The number of Topliss-reactive ketones (excluding diaryl/α,β-unsaturated/α-hetero) is 1. The highest BCUT2D eigenvalue weighted by Crippen LogP contribution is 2.24. The number of hydrazine groups is 1. The second kappa shape index (κ2) is 12.0. The van der Waals surface area contributed by atoms with E-state index in [1.165, 1.54) is 24.1 Å². The first kappa shape index (κ1) is 26.5. The molecular weight excluding hydrogens is 449 g/mol. The topological polar surface area (TPSA) is 85.0 Å². The number of fused-ring (bicyclic) bond motifs is 1. The van der Waals surface area contributed by atoms with Gasteiger partial charge in [-0.05, 0) is 55.3 Å². The third-order valence-corrected chi connectivity index (χ3v) is 6.18. The Labute approximate surface area is 206 Å². The van der Waals surface area contributed by atoms with E-state index in [1.807, 2.05) is 24.9 Å². The van der Waals surface area contributed by atoms with Gasteiger partial charge >= 0.3 is 0 Å². The monoisotopic (exact) mass is 483 g/mol. The van der Waals surface area contributed by atoms with Gasteiger partial charge in [0.25, 0.3) is 5.91 Å². The average Bonchev–Trinajstić information content (AvgIpc) is 3.24. The summed E-state index contributed by atoms with van der Waals surface area (Å²) in [6.45, 7) is 8.15. The first-order valence-corrected chi connectivity index (χ1v) is 11.8. The van der Waals surface area contributed by atoms with Crippen LogP contribution in [-0.2, 0) is 22.7 Å². The molecule has 0 atom stereocenters. The van der Waals surface area contributed by atoms with Crippen LogP contribution in [0.3, 0.4) is 0 Å². The Bertz CT molecular complexity index is 1090. The minimum atomic E-state index is -0.289. The summed E-state index contributed by atoms with van der Waals surface area (Å²) in [5, 5.41) is 9.54. The number of anilines is 1. The minimum absolute atomic E-state index is 0.0169. The zero-order valence-corrected chi connectivity index (χ0v) is 20.9. The molecule has 8 nitrogen and oxygen atoms in total. The van der Waals surface area contributed by atoms with Crippen molar-refractivity contribution in [2.24, 2.45) is 0 Å². The maximum absolute atomic E-state index is 13.5. The summed E-state index contributed by atoms with van der Waals surface area (Å²) in [4.78, 5) is 39.4. The van der Waals surface area contributed by atoms with Crippen LogP contribution in [0, 0.1) is 12.7 Å². The number of likely N-dealkylation sites (N-methyl/N-ethyl adjacent to an activating group) is 2. The van der Waals surface area contributed by atoms with Crippen LogP contribution >= 0.6 is 0 Å². The maximum atomic E-state index is 13.5. The van der Waals surface area contributed by atoms with Crippen LogP contribution in [0.25, 0.3) is 0 Å². The first-order chi connectivity index (χ1) is 16.7. The third kappa shape index (κ3) is 6.72. The molecule has 188 valence electrons. The second-order valence-electron chi connectivity index (χ2n) is 8.71. The number of halogens is 1. The molecule has 1 heterocycles. The SMILES string of the molecule is CCNCCN(C(=O)CNCC(=O)N(C)N1Cc2ccc(F)cc2C1)c1cc(C(C)=O)ccc1C. The van der Waals surface area contributed by atoms with E-state index in [-0.39, 0.29) is 36.5 Å². The van der Waals surface area contributed by atoms with Gasteiger partial charge in [0.2, 0.25) is 5.91 Å². The van der Waals surface area contributed by atoms with Gasteiger partial charge in [-0.2, -0.15) is 0 Å². The van der Waals surface area contributed by atoms with Crippen molar-refractivity contribution in [1.82, 2.24) is 20.7 Å². The predicted octanol–water partition coefficient (Wildman–Crippen LogP) is 2.26. The molecule has 1 aliphatic rings. The Morgan fingerprint density at radius 1 is 1.00 bits per heavy atom. The fourth-order valence-electron chi connectivity index (χ4n) is 4.07. The predicted molar refractivity (Wildman–Crippen MR) is 133 cm³/mol. The largest absolute Gasteiger partial charge is 0.315 e. The Morgan fingerprint density at radius 3 is 2.43 bits per heavy atom. The lowest BCUT2D eigenvalue weighted by Crippen LogP contribution is -2.47. The van der Waals surface area contributed by atoms with Gasteiger partial charge in [0.1, 0.15) is 5.82 Å². The number of rotatable bonds is 11. The zero-order chi connectivity index (χ0) is 25.5. The highest BCUT2D eigenvalue weighted by molar-refractivity contribution is 5.99. The van der Waals surface area contributed by atoms with Gasteiger partial charge in [0, 0.05) is 44.5 Å². The second-order valence-corrected chi connectivity index (χ2v) is 8.71. The lowest BCUT2D eigenvalue weighted by molar-refractivity contribution is -0.145. The maximum Gasteiger partial charge on any atom is 0.250 e. The molecule has 2 N–H and O–H groups in total. The van der Waals surface area contributed by atoms with E-state index in [0.717, 1.165) is 23.2 Å². The summed E-state index contributed by atoms with van der Waals surface area (Å²) in [6.07, 6.45) is 0. The van der Waals surface area contributed by atoms with Gasteiger partial charge < -0.3 is 10.2 Å². The fraction of sp³-hybridized carbons (Fsp3) is 0.423. The van der Waals surface area contributed by atoms with E-state index in [0.29, 0.717) is 37.4 Å². The lowest BCUT2D eigenvalue weighted by atomic mass is 10.1. The van der Waals surface area contributed by atoms with Crippen LogP contribution in [0.4, 0.5) is 10.1 Å². The molecule has 0 aromatic heterocycles. The van der Waals surface area contributed by atoms with Crippen LogP contribution < -0.4 is 15.5 Å². The van der Waals surface area contributed by atoms with Crippen LogP contribution in [0.5, 0.6) is 0 Å². The number of nitrogens with zero attached hydrogens (tertiary/aromatic N) is 3. The van der Waals surface area contributed by atoms with E-state index in [2.05, 4.69) is 10.6 Å². The third-order valence-electron chi connectivity index (χ3n) is 6.18. The molecule has 0 bridgehead atoms. The first-order valence-electron chi connectivity index (χ1n) is 11.8. The number of ketones is 1. The molecule has 9 heteroatoms. The van der Waals surface area contributed by atoms with Crippen LogP contribution in [0.1, 0.15) is 40.9 Å². The summed E-state index contributed by atoms with van der Waals surface area (Å²) in [5.41, 5.74) is 3.98. The molecule has 2 amide bonds. The quantitative estimate of drug-likeness (QED) is 0.377. The van der Waals surface area contributed by atoms with E-state index >= 15 is 0 Å². The number of hydrogen-bond donors (Lipinski definition) is 2. The summed E-state index contributed by atoms with van der Waals surface area (Å²) in [7, 11) is 1.67. The Morgan fingerprint density at radius 2 is 1.71 bits per heavy atom. The number of amides is 2. The molecule has 0 spiro atoms. The van der Waals surface area contributed by atoms with E-state index in [9.17, 15) is 18.8 Å². The van der Waals surface area contributed by atoms with Crippen molar-refractivity contribution in [2.45, 2.75) is 33.9 Å². The molecule has 35 heavy (non-hydrogen) atoms. The summed E-state index contributed by atoms with van der Waals surface area (Å²) in [5.74, 6) is -0.738. The number of aryl methyl sites for hydroxylation is 1. The molecule has 0 saturated heterocycles. The fourth-order valence-corrected chi connectivity index (χ4v) is 4.07. The molecule has 0 radical (unpaired) electrons. The van der Waals surface area contributed by atoms with Crippen molar-refractivity contribution < 1.29 is 18.8 Å². The van der Waals surface area contributed by atoms with Gasteiger partial charge in [-0.1, -0.05) is 25.1 Å². The molecule has 2 aromatic carbocycles. The van der Waals surface area contributed by atoms with Gasteiger partial charge in [0.05, 0.1) is 13.1 Å². The number of benzene rings is 2. The zero-order valence-electron chi connectivity index (χ0n) is 20.9. The highest BCUT2D eigenvalue weighted by Gasteiger charge is 2.25. The Balaban J connectivity index is 1.59. The molecule has 0 aliphatic carbocycles. The molecule has 0 fully saturated rings. The smallest absolute Gasteiger partial charge is 0.250 e. The number of hydrogen-bond acceptors (Lipinski definition) is 6. The highest BCUT2D eigenvalue weighted by atomic mass is 19.1. The van der Waals surface area contributed by atoms with Gasteiger partial charge in [0.15, 0.2) is 5.78 Å². The molecular formula is C26H34FN5O3. The number of carbonyl (C=O) groups is 3. The van der Waals surface area contributed by atoms with Crippen LogP contribution in [-0.4, -0.2) is 67.4 Å². The van der Waals surface area contributed by atoms with Crippen LogP contribution in [0.2, 0.25) is 0 Å². The molecule has 0 saturated carbocycles. The van der Waals surface area contributed by atoms with Crippen molar-refractivity contribution in [1.29, 1.82) is 0 Å². The van der Waals surface area contributed by atoms with E-state index in [1.54, 1.807) is 30.1 Å². The Kier molecular flexibility index (Phi) is 9.08. The van der Waals surface area contributed by atoms with Gasteiger partial charge in [-0.15, -0.1) is 0 Å². The molecule has 2 aromatic rings. The molecule has 0 unspecified atom stereocenters. The van der Waals surface area contributed by atoms with E-state index in [4.69, 9.17) is 0 Å². The number of carbonyl (C=O) groups excluding carboxylic acids is 3. The average molecular weight is 484 g/mol. The van der Waals surface area contributed by atoms with Crippen molar-refractivity contribution in [3.05, 3.63) is 64.5 Å². The van der Waals surface area contributed by atoms with Crippen molar-refractivity contribution in [2.75, 3.05) is 44.7 Å². The minimum Gasteiger partial charge on any atom is -0.315 e. The Hall–Kier alpha value is -3.14. The number of nitrogens with one attached hydrogen (secondary N) is 2. The van der Waals surface area contributed by atoms with Gasteiger partial charge in [-0.25, -0.2) is 9.40 Å². The van der Waals surface area contributed by atoms with Crippen molar-refractivity contribution >= 4 is 23.3 Å². The standard InChI is InChI=1S/C26H34FN5O3/c1-5-28-10-11-32(24-13-20(19(3)33)7-6-18(24)2)26(35)15-29-14-25(34)30(4)31-16-21-8-9-23(27)12-22(21)17-31/h6-9,12-13,28-29H,5,10-11,14-17H2,1-4H3. The van der Waals surface area contributed by atoms with Gasteiger partial charge in [-0.3, -0.25) is 24.7 Å². The summed E-state index contributed by atoms with van der Waals surface area (Å²) >= 11 is 0. The molecule has 3 rings (SSSR count). The van der Waals surface area contributed by atoms with Crippen LogP contribution in [0.15, 0.2) is 36.4 Å².